The van der Waals surface area contributed by atoms with E-state index in [0.29, 0.717) is 12.3 Å². The minimum Gasteiger partial charge on any atom is -0.297 e. The Morgan fingerprint density at radius 3 is 2.58 bits per heavy atom. The number of hydrogen-bond donors (Lipinski definition) is 0. The van der Waals surface area contributed by atoms with Gasteiger partial charge < -0.3 is 0 Å². The van der Waals surface area contributed by atoms with Crippen LogP contribution in [0.15, 0.2) is 0 Å². The zero-order chi connectivity index (χ0) is 13.1. The largest absolute Gasteiger partial charge is 0.297 e. The molecule has 1 aliphatic heterocycles. The molecule has 1 aromatic heterocycles. The third-order valence-corrected chi connectivity index (χ3v) is 5.09. The Morgan fingerprint density at radius 2 is 1.95 bits per heavy atom. The van der Waals surface area contributed by atoms with Crippen LogP contribution in [-0.2, 0) is 13.0 Å². The quantitative estimate of drug-likeness (QED) is 0.845. The summed E-state index contributed by atoms with van der Waals surface area (Å²) in [5.41, 5.74) is 1.25. The molecule has 1 aromatic rings. The topological polar surface area (TPSA) is 39.9 Å². The molecule has 2 aliphatic rings. The lowest BCUT2D eigenvalue weighted by atomic mass is 10.2. The number of rotatable bonds is 4. The molecule has 3 nitrogen and oxygen atoms in total. The minimum atomic E-state index is 0.545. The van der Waals surface area contributed by atoms with Gasteiger partial charge in [-0.1, -0.05) is 12.8 Å². The average molecular weight is 275 g/mol. The van der Waals surface area contributed by atoms with Crippen molar-refractivity contribution in [3.8, 4) is 6.07 Å². The van der Waals surface area contributed by atoms with Gasteiger partial charge in [-0.05, 0) is 38.8 Å². The Labute approximate surface area is 119 Å². The van der Waals surface area contributed by atoms with Gasteiger partial charge in [-0.25, -0.2) is 4.98 Å². The van der Waals surface area contributed by atoms with E-state index in [4.69, 9.17) is 10.2 Å². The highest BCUT2D eigenvalue weighted by Gasteiger charge is 2.29. The summed E-state index contributed by atoms with van der Waals surface area (Å²) in [7, 11) is 0. The molecule has 2 heterocycles. The van der Waals surface area contributed by atoms with Crippen molar-refractivity contribution in [3.05, 3.63) is 15.6 Å². The van der Waals surface area contributed by atoms with Crippen molar-refractivity contribution in [2.75, 3.05) is 13.1 Å². The van der Waals surface area contributed by atoms with Crippen LogP contribution in [0, 0.1) is 11.3 Å². The second kappa shape index (κ2) is 6.02. The van der Waals surface area contributed by atoms with E-state index in [1.54, 1.807) is 11.3 Å². The highest BCUT2D eigenvalue weighted by atomic mass is 32.1. The molecule has 0 amide bonds. The third-order valence-electron chi connectivity index (χ3n) is 4.03. The van der Waals surface area contributed by atoms with Crippen molar-refractivity contribution in [1.82, 2.24) is 9.88 Å². The van der Waals surface area contributed by atoms with E-state index in [0.717, 1.165) is 6.54 Å². The zero-order valence-corrected chi connectivity index (χ0v) is 12.2. The van der Waals surface area contributed by atoms with E-state index >= 15 is 0 Å². The molecule has 2 fully saturated rings. The van der Waals surface area contributed by atoms with Crippen LogP contribution in [0.3, 0.4) is 0 Å². The second-order valence-electron chi connectivity index (χ2n) is 5.72. The Bertz CT molecular complexity index is 462. The third kappa shape index (κ3) is 3.34. The van der Waals surface area contributed by atoms with Crippen LogP contribution in [0.25, 0.3) is 0 Å². The van der Waals surface area contributed by atoms with Crippen LogP contribution in [-0.4, -0.2) is 23.0 Å². The van der Waals surface area contributed by atoms with Gasteiger partial charge in [0.1, 0.15) is 5.01 Å². The monoisotopic (exact) mass is 275 g/mol. The molecule has 0 bridgehead atoms. The Morgan fingerprint density at radius 1 is 1.21 bits per heavy atom. The smallest absolute Gasteiger partial charge is 0.107 e. The van der Waals surface area contributed by atoms with Gasteiger partial charge in [0.05, 0.1) is 24.7 Å². The first-order valence-electron chi connectivity index (χ1n) is 7.44. The maximum Gasteiger partial charge on any atom is 0.107 e. The van der Waals surface area contributed by atoms with Crippen LogP contribution in [0.4, 0.5) is 0 Å². The molecular weight excluding hydrogens is 254 g/mol. The summed E-state index contributed by atoms with van der Waals surface area (Å²) in [5.74, 6) is 0.664. The Hall–Kier alpha value is -0.920. The van der Waals surface area contributed by atoms with Crippen LogP contribution in [0.5, 0.6) is 0 Å². The van der Waals surface area contributed by atoms with E-state index in [1.165, 1.54) is 67.2 Å². The SMILES string of the molecule is N#CCc1sc(CN2CCCCCC2)nc1C1CC1. The molecule has 1 aliphatic carbocycles. The van der Waals surface area contributed by atoms with E-state index in [1.807, 2.05) is 0 Å². The molecule has 0 atom stereocenters. The van der Waals surface area contributed by atoms with Gasteiger partial charge in [-0.2, -0.15) is 5.26 Å². The molecule has 4 heteroatoms. The molecule has 0 radical (unpaired) electrons. The lowest BCUT2D eigenvalue weighted by Gasteiger charge is -2.17. The first kappa shape index (κ1) is 13.1. The molecule has 19 heavy (non-hydrogen) atoms. The fraction of sp³-hybridized carbons (Fsp3) is 0.733. The fourth-order valence-corrected chi connectivity index (χ4v) is 3.97. The molecule has 3 rings (SSSR count). The molecule has 0 spiro atoms. The predicted molar refractivity (Wildman–Crippen MR) is 77.2 cm³/mol. The number of hydrogen-bond acceptors (Lipinski definition) is 4. The number of nitrogens with zero attached hydrogens (tertiary/aromatic N) is 3. The van der Waals surface area contributed by atoms with E-state index in [2.05, 4.69) is 11.0 Å². The Kier molecular flexibility index (Phi) is 4.15. The summed E-state index contributed by atoms with van der Waals surface area (Å²) in [6, 6.07) is 2.29. The van der Waals surface area contributed by atoms with E-state index in [-0.39, 0.29) is 0 Å². The number of likely N-dealkylation sites (tertiary alicyclic amines) is 1. The van der Waals surface area contributed by atoms with Crippen molar-refractivity contribution in [2.24, 2.45) is 0 Å². The normalized spacial score (nSPS) is 21.0. The summed E-state index contributed by atoms with van der Waals surface area (Å²) in [6.45, 7) is 3.42. The summed E-state index contributed by atoms with van der Waals surface area (Å²) in [6.07, 6.45) is 8.49. The molecule has 1 saturated heterocycles. The summed E-state index contributed by atoms with van der Waals surface area (Å²) in [5, 5.41) is 10.2. The van der Waals surface area contributed by atoms with Crippen molar-refractivity contribution < 1.29 is 0 Å². The minimum absolute atomic E-state index is 0.545. The first-order chi connectivity index (χ1) is 9.36. The molecule has 1 saturated carbocycles. The number of aromatic nitrogens is 1. The average Bonchev–Trinajstić information content (AvgIpc) is 3.19. The number of nitriles is 1. The van der Waals surface area contributed by atoms with Gasteiger partial charge in [0.25, 0.3) is 0 Å². The van der Waals surface area contributed by atoms with Gasteiger partial charge in [-0.3, -0.25) is 4.90 Å². The highest BCUT2D eigenvalue weighted by molar-refractivity contribution is 7.11. The van der Waals surface area contributed by atoms with Gasteiger partial charge in [-0.15, -0.1) is 11.3 Å². The molecule has 0 unspecified atom stereocenters. The molecule has 102 valence electrons. The van der Waals surface area contributed by atoms with Crippen molar-refractivity contribution in [3.63, 3.8) is 0 Å². The summed E-state index contributed by atoms with van der Waals surface area (Å²) in [4.78, 5) is 8.61. The van der Waals surface area contributed by atoms with Crippen molar-refractivity contribution in [2.45, 2.75) is 57.4 Å². The van der Waals surface area contributed by atoms with Crippen LogP contribution in [0.2, 0.25) is 0 Å². The lowest BCUT2D eigenvalue weighted by Crippen LogP contribution is -2.23. The maximum absolute atomic E-state index is 8.93. The van der Waals surface area contributed by atoms with Gasteiger partial charge in [0.2, 0.25) is 0 Å². The molecule has 0 aromatic carbocycles. The first-order valence-corrected chi connectivity index (χ1v) is 8.26. The highest BCUT2D eigenvalue weighted by Crippen LogP contribution is 2.42. The van der Waals surface area contributed by atoms with Crippen LogP contribution in [0.1, 0.15) is 60.0 Å². The zero-order valence-electron chi connectivity index (χ0n) is 11.4. The molecular formula is C15H21N3S. The van der Waals surface area contributed by atoms with Gasteiger partial charge >= 0.3 is 0 Å². The molecule has 0 N–H and O–H groups in total. The Balaban J connectivity index is 1.69. The van der Waals surface area contributed by atoms with E-state index < -0.39 is 0 Å². The van der Waals surface area contributed by atoms with Gasteiger partial charge in [0.15, 0.2) is 0 Å². The van der Waals surface area contributed by atoms with Gasteiger partial charge in [0, 0.05) is 10.8 Å². The standard InChI is InChI=1S/C15H21N3S/c16-8-7-13-15(12-5-6-12)17-14(19-13)11-18-9-3-1-2-4-10-18/h12H,1-7,9-11H2. The van der Waals surface area contributed by atoms with Crippen LogP contribution < -0.4 is 0 Å². The fourth-order valence-electron chi connectivity index (χ4n) is 2.84. The number of thiazole rings is 1. The lowest BCUT2D eigenvalue weighted by molar-refractivity contribution is 0.276. The van der Waals surface area contributed by atoms with Crippen LogP contribution >= 0.6 is 11.3 Å². The predicted octanol–water partition coefficient (Wildman–Crippen LogP) is 3.46. The second-order valence-corrected chi connectivity index (χ2v) is 6.88. The van der Waals surface area contributed by atoms with Crippen molar-refractivity contribution >= 4 is 11.3 Å². The summed E-state index contributed by atoms with van der Waals surface area (Å²) < 4.78 is 0. The van der Waals surface area contributed by atoms with Crippen molar-refractivity contribution in [1.29, 1.82) is 5.26 Å². The maximum atomic E-state index is 8.93. The van der Waals surface area contributed by atoms with E-state index in [9.17, 15) is 0 Å². The summed E-state index contributed by atoms with van der Waals surface area (Å²) >= 11 is 1.78.